The SMILES string of the molecule is COc1ccc(-c2ccccc2C(=O)c2ccc(-n3cnc(C)c3)c(OC)c2)cc1. The van der Waals surface area contributed by atoms with Crippen molar-refractivity contribution in [1.82, 2.24) is 9.55 Å². The standard InChI is InChI=1S/C25H22N2O3/c1-17-15-27(16-26-17)23-13-10-19(14-24(23)30-3)25(28)22-7-5-4-6-21(22)18-8-11-20(29-2)12-9-18/h4-16H,1-3H3. The van der Waals surface area contributed by atoms with Crippen LogP contribution in [0.1, 0.15) is 21.6 Å². The van der Waals surface area contributed by atoms with Crippen LogP contribution >= 0.6 is 0 Å². The average Bonchev–Trinajstić information content (AvgIpc) is 3.24. The first-order valence-electron chi connectivity index (χ1n) is 9.58. The summed E-state index contributed by atoms with van der Waals surface area (Å²) in [6, 6.07) is 20.8. The van der Waals surface area contributed by atoms with Gasteiger partial charge in [-0.25, -0.2) is 4.98 Å². The molecule has 0 aliphatic rings. The maximum atomic E-state index is 13.4. The first-order valence-corrected chi connectivity index (χ1v) is 9.58. The maximum Gasteiger partial charge on any atom is 0.193 e. The summed E-state index contributed by atoms with van der Waals surface area (Å²) in [5.74, 6) is 1.32. The van der Waals surface area contributed by atoms with Crippen LogP contribution in [0.5, 0.6) is 11.5 Å². The third-order valence-corrected chi connectivity index (χ3v) is 5.00. The Labute approximate surface area is 175 Å². The Bertz CT molecular complexity index is 1190. The Hall–Kier alpha value is -3.86. The second-order valence-electron chi connectivity index (χ2n) is 6.91. The van der Waals surface area contributed by atoms with Crippen LogP contribution in [-0.2, 0) is 0 Å². The molecular weight excluding hydrogens is 376 g/mol. The van der Waals surface area contributed by atoms with E-state index in [2.05, 4.69) is 4.98 Å². The van der Waals surface area contributed by atoms with E-state index in [0.29, 0.717) is 16.9 Å². The van der Waals surface area contributed by atoms with Gasteiger partial charge < -0.3 is 14.0 Å². The maximum absolute atomic E-state index is 13.4. The Balaban J connectivity index is 1.73. The Morgan fingerprint density at radius 1 is 0.933 bits per heavy atom. The summed E-state index contributed by atoms with van der Waals surface area (Å²) in [4.78, 5) is 17.6. The van der Waals surface area contributed by atoms with Gasteiger partial charge >= 0.3 is 0 Å². The first-order chi connectivity index (χ1) is 14.6. The van der Waals surface area contributed by atoms with E-state index >= 15 is 0 Å². The summed E-state index contributed by atoms with van der Waals surface area (Å²) >= 11 is 0. The lowest BCUT2D eigenvalue weighted by molar-refractivity contribution is 0.103. The molecule has 0 atom stereocenters. The minimum Gasteiger partial charge on any atom is -0.497 e. The van der Waals surface area contributed by atoms with Gasteiger partial charge in [-0.3, -0.25) is 4.79 Å². The number of hydrogen-bond donors (Lipinski definition) is 0. The zero-order valence-electron chi connectivity index (χ0n) is 17.1. The molecule has 0 saturated heterocycles. The van der Waals surface area contributed by atoms with E-state index in [9.17, 15) is 4.79 Å². The number of rotatable bonds is 6. The lowest BCUT2D eigenvalue weighted by atomic mass is 9.93. The highest BCUT2D eigenvalue weighted by molar-refractivity contribution is 6.13. The van der Waals surface area contributed by atoms with Crippen LogP contribution in [0.25, 0.3) is 16.8 Å². The van der Waals surface area contributed by atoms with Gasteiger partial charge in [-0.05, 0) is 48.4 Å². The quantitative estimate of drug-likeness (QED) is 0.424. The van der Waals surface area contributed by atoms with Gasteiger partial charge in [-0.1, -0.05) is 36.4 Å². The van der Waals surface area contributed by atoms with Crippen LogP contribution in [0.4, 0.5) is 0 Å². The first kappa shape index (κ1) is 19.5. The summed E-state index contributed by atoms with van der Waals surface area (Å²) < 4.78 is 12.7. The fraction of sp³-hybridized carbons (Fsp3) is 0.120. The summed E-state index contributed by atoms with van der Waals surface area (Å²) in [5, 5.41) is 0. The fourth-order valence-electron chi connectivity index (χ4n) is 3.44. The van der Waals surface area contributed by atoms with E-state index < -0.39 is 0 Å². The molecule has 0 amide bonds. The predicted molar refractivity (Wildman–Crippen MR) is 117 cm³/mol. The molecule has 0 bridgehead atoms. The van der Waals surface area contributed by atoms with E-state index in [1.54, 1.807) is 26.6 Å². The summed E-state index contributed by atoms with van der Waals surface area (Å²) in [5.41, 5.74) is 4.77. The molecule has 5 heteroatoms. The molecular formula is C25H22N2O3. The number of ketones is 1. The van der Waals surface area contributed by atoms with Gasteiger partial charge in [0.05, 0.1) is 31.9 Å². The molecule has 30 heavy (non-hydrogen) atoms. The number of nitrogens with zero attached hydrogens (tertiary/aromatic N) is 2. The number of imidazole rings is 1. The molecule has 5 nitrogen and oxygen atoms in total. The van der Waals surface area contributed by atoms with Crippen molar-refractivity contribution < 1.29 is 14.3 Å². The normalized spacial score (nSPS) is 10.6. The number of methoxy groups -OCH3 is 2. The van der Waals surface area contributed by atoms with Gasteiger partial charge in [0.1, 0.15) is 11.5 Å². The molecule has 0 aliphatic carbocycles. The van der Waals surface area contributed by atoms with Crippen LogP contribution in [0, 0.1) is 6.92 Å². The summed E-state index contributed by atoms with van der Waals surface area (Å²) in [6.07, 6.45) is 3.64. The number of aryl methyl sites for hydroxylation is 1. The molecule has 3 aromatic carbocycles. The second kappa shape index (κ2) is 8.25. The van der Waals surface area contributed by atoms with Gasteiger partial charge in [-0.2, -0.15) is 0 Å². The molecule has 0 N–H and O–H groups in total. The number of carbonyl (C=O) groups excluding carboxylic acids is 1. The van der Waals surface area contributed by atoms with Crippen LogP contribution < -0.4 is 9.47 Å². The number of carbonyl (C=O) groups is 1. The zero-order chi connectivity index (χ0) is 21.1. The van der Waals surface area contributed by atoms with Crippen molar-refractivity contribution in [2.75, 3.05) is 14.2 Å². The van der Waals surface area contributed by atoms with E-state index in [4.69, 9.17) is 9.47 Å². The summed E-state index contributed by atoms with van der Waals surface area (Å²) in [7, 11) is 3.23. The monoisotopic (exact) mass is 398 g/mol. The van der Waals surface area contributed by atoms with E-state index in [-0.39, 0.29) is 5.78 Å². The smallest absolute Gasteiger partial charge is 0.193 e. The van der Waals surface area contributed by atoms with E-state index in [1.807, 2.05) is 78.4 Å². The Morgan fingerprint density at radius 2 is 1.70 bits per heavy atom. The summed E-state index contributed by atoms with van der Waals surface area (Å²) in [6.45, 7) is 1.93. The van der Waals surface area contributed by atoms with Crippen LogP contribution in [-0.4, -0.2) is 29.6 Å². The highest BCUT2D eigenvalue weighted by Gasteiger charge is 2.17. The Morgan fingerprint density at radius 3 is 2.37 bits per heavy atom. The van der Waals surface area contributed by atoms with Crippen LogP contribution in [0.15, 0.2) is 79.3 Å². The molecule has 1 aromatic heterocycles. The minimum atomic E-state index is -0.0620. The average molecular weight is 398 g/mol. The predicted octanol–water partition coefficient (Wildman–Crippen LogP) is 5.10. The molecule has 150 valence electrons. The van der Waals surface area contributed by atoms with Crippen LogP contribution in [0.3, 0.4) is 0 Å². The molecule has 0 saturated carbocycles. The van der Waals surface area contributed by atoms with Gasteiger partial charge in [0.25, 0.3) is 0 Å². The van der Waals surface area contributed by atoms with Gasteiger partial charge in [0, 0.05) is 17.3 Å². The molecule has 0 fully saturated rings. The lowest BCUT2D eigenvalue weighted by Crippen LogP contribution is -2.05. The molecule has 0 radical (unpaired) electrons. The van der Waals surface area contributed by atoms with Gasteiger partial charge in [0.15, 0.2) is 5.78 Å². The highest BCUT2D eigenvalue weighted by Crippen LogP contribution is 2.30. The minimum absolute atomic E-state index is 0.0620. The highest BCUT2D eigenvalue weighted by atomic mass is 16.5. The van der Waals surface area contributed by atoms with Crippen molar-refractivity contribution in [2.24, 2.45) is 0 Å². The largest absolute Gasteiger partial charge is 0.497 e. The van der Waals surface area contributed by atoms with Crippen molar-refractivity contribution in [3.05, 3.63) is 96.1 Å². The molecule has 1 heterocycles. The third kappa shape index (κ3) is 3.70. The molecule has 4 rings (SSSR count). The number of benzene rings is 3. The van der Waals surface area contributed by atoms with Crippen molar-refractivity contribution in [3.8, 4) is 28.3 Å². The molecule has 0 unspecified atom stereocenters. The van der Waals surface area contributed by atoms with Crippen LogP contribution in [0.2, 0.25) is 0 Å². The molecule has 4 aromatic rings. The van der Waals surface area contributed by atoms with Crippen molar-refractivity contribution in [1.29, 1.82) is 0 Å². The van der Waals surface area contributed by atoms with E-state index in [1.165, 1.54) is 0 Å². The number of aromatic nitrogens is 2. The topological polar surface area (TPSA) is 53.4 Å². The number of hydrogen-bond acceptors (Lipinski definition) is 4. The molecule has 0 aliphatic heterocycles. The molecule has 0 spiro atoms. The fourth-order valence-corrected chi connectivity index (χ4v) is 3.44. The zero-order valence-corrected chi connectivity index (χ0v) is 17.1. The third-order valence-electron chi connectivity index (χ3n) is 5.00. The van der Waals surface area contributed by atoms with Crippen molar-refractivity contribution in [3.63, 3.8) is 0 Å². The van der Waals surface area contributed by atoms with Crippen molar-refractivity contribution >= 4 is 5.78 Å². The number of ether oxygens (including phenoxy) is 2. The van der Waals surface area contributed by atoms with Gasteiger partial charge in [-0.15, -0.1) is 0 Å². The van der Waals surface area contributed by atoms with Gasteiger partial charge in [0.2, 0.25) is 0 Å². The van der Waals surface area contributed by atoms with E-state index in [0.717, 1.165) is 28.3 Å². The Kier molecular flexibility index (Phi) is 5.35. The second-order valence-corrected chi connectivity index (χ2v) is 6.91. The lowest BCUT2D eigenvalue weighted by Gasteiger charge is -2.13. The van der Waals surface area contributed by atoms with Crippen molar-refractivity contribution in [2.45, 2.75) is 6.92 Å².